The number of benzene rings is 2. The van der Waals surface area contributed by atoms with Gasteiger partial charge in [0.05, 0.1) is 15.2 Å². The standard InChI is InChI=1S/C17H13NOS/c19-15-8-6-12-9-11(5-7-13(12)15)10-17-18-14-3-1-2-4-16(14)20-17/h1-5,7,9H,6,8,10H2. The molecule has 0 unspecified atom stereocenters. The third-order valence-electron chi connectivity index (χ3n) is 3.78. The minimum absolute atomic E-state index is 0.284. The number of aryl methyl sites for hydroxylation is 1. The lowest BCUT2D eigenvalue weighted by atomic mass is 10.0. The molecule has 0 amide bonds. The topological polar surface area (TPSA) is 30.0 Å². The predicted octanol–water partition coefficient (Wildman–Crippen LogP) is 4.02. The van der Waals surface area contributed by atoms with E-state index < -0.39 is 0 Å². The first-order chi connectivity index (χ1) is 9.79. The average Bonchev–Trinajstić information content (AvgIpc) is 3.02. The third-order valence-corrected chi connectivity index (χ3v) is 4.82. The van der Waals surface area contributed by atoms with Gasteiger partial charge in [-0.05, 0) is 29.7 Å². The van der Waals surface area contributed by atoms with Gasteiger partial charge in [-0.15, -0.1) is 11.3 Å². The highest BCUT2D eigenvalue weighted by Crippen LogP contribution is 2.27. The average molecular weight is 279 g/mol. The maximum Gasteiger partial charge on any atom is 0.163 e. The number of thiazole rings is 1. The summed E-state index contributed by atoms with van der Waals surface area (Å²) in [5.74, 6) is 0.284. The molecule has 0 saturated carbocycles. The van der Waals surface area contributed by atoms with Gasteiger partial charge in [-0.2, -0.15) is 0 Å². The Morgan fingerprint density at radius 2 is 2.00 bits per heavy atom. The van der Waals surface area contributed by atoms with E-state index in [1.54, 1.807) is 11.3 Å². The highest BCUT2D eigenvalue weighted by Gasteiger charge is 2.19. The fourth-order valence-electron chi connectivity index (χ4n) is 2.79. The second-order valence-electron chi connectivity index (χ2n) is 5.17. The molecular weight excluding hydrogens is 266 g/mol. The van der Waals surface area contributed by atoms with Crippen LogP contribution in [0.3, 0.4) is 0 Å². The van der Waals surface area contributed by atoms with E-state index in [1.807, 2.05) is 18.2 Å². The van der Waals surface area contributed by atoms with Crippen LogP contribution in [0.15, 0.2) is 42.5 Å². The van der Waals surface area contributed by atoms with Gasteiger partial charge in [0, 0.05) is 18.4 Å². The van der Waals surface area contributed by atoms with Crippen molar-refractivity contribution in [1.82, 2.24) is 4.98 Å². The van der Waals surface area contributed by atoms with Crippen LogP contribution in [0.2, 0.25) is 0 Å². The minimum atomic E-state index is 0.284. The molecule has 0 bridgehead atoms. The van der Waals surface area contributed by atoms with Gasteiger partial charge in [-0.3, -0.25) is 4.79 Å². The summed E-state index contributed by atoms with van der Waals surface area (Å²) in [7, 11) is 0. The first kappa shape index (κ1) is 11.8. The lowest BCUT2D eigenvalue weighted by Crippen LogP contribution is -1.93. The molecule has 0 aliphatic heterocycles. The summed E-state index contributed by atoms with van der Waals surface area (Å²) in [5, 5.41) is 1.13. The summed E-state index contributed by atoms with van der Waals surface area (Å²) < 4.78 is 1.24. The number of hydrogen-bond donors (Lipinski definition) is 0. The highest BCUT2D eigenvalue weighted by atomic mass is 32.1. The Morgan fingerprint density at radius 3 is 2.90 bits per heavy atom. The van der Waals surface area contributed by atoms with Gasteiger partial charge in [-0.25, -0.2) is 4.98 Å². The number of carbonyl (C=O) groups is 1. The van der Waals surface area contributed by atoms with Gasteiger partial charge in [0.15, 0.2) is 5.78 Å². The van der Waals surface area contributed by atoms with E-state index in [9.17, 15) is 4.79 Å². The Morgan fingerprint density at radius 1 is 1.10 bits per heavy atom. The number of rotatable bonds is 2. The van der Waals surface area contributed by atoms with E-state index in [1.165, 1.54) is 15.8 Å². The second kappa shape index (κ2) is 4.53. The Labute approximate surface area is 121 Å². The van der Waals surface area contributed by atoms with Crippen LogP contribution in [0.1, 0.15) is 32.9 Å². The molecule has 3 aromatic rings. The van der Waals surface area contributed by atoms with Gasteiger partial charge < -0.3 is 0 Å². The fourth-order valence-corrected chi connectivity index (χ4v) is 3.79. The molecule has 1 aliphatic rings. The predicted molar refractivity (Wildman–Crippen MR) is 81.5 cm³/mol. The van der Waals surface area contributed by atoms with Crippen molar-refractivity contribution in [3.05, 3.63) is 64.2 Å². The zero-order chi connectivity index (χ0) is 13.5. The minimum Gasteiger partial charge on any atom is -0.294 e. The molecule has 1 heterocycles. The van der Waals surface area contributed by atoms with Crippen LogP contribution in [0.5, 0.6) is 0 Å². The van der Waals surface area contributed by atoms with Gasteiger partial charge in [-0.1, -0.05) is 30.3 Å². The summed E-state index contributed by atoms with van der Waals surface area (Å²) in [4.78, 5) is 16.3. The van der Waals surface area contributed by atoms with E-state index in [0.717, 1.165) is 28.9 Å². The van der Waals surface area contributed by atoms with Crippen molar-refractivity contribution in [2.24, 2.45) is 0 Å². The molecule has 1 aromatic heterocycles. The van der Waals surface area contributed by atoms with E-state index >= 15 is 0 Å². The van der Waals surface area contributed by atoms with E-state index in [2.05, 4.69) is 29.2 Å². The number of hydrogen-bond acceptors (Lipinski definition) is 3. The molecule has 0 radical (unpaired) electrons. The first-order valence-electron chi connectivity index (χ1n) is 6.79. The van der Waals surface area contributed by atoms with Crippen molar-refractivity contribution in [3.8, 4) is 0 Å². The van der Waals surface area contributed by atoms with Crippen LogP contribution < -0.4 is 0 Å². The van der Waals surface area contributed by atoms with Crippen LogP contribution in [-0.2, 0) is 12.8 Å². The molecule has 3 heteroatoms. The smallest absolute Gasteiger partial charge is 0.163 e. The first-order valence-corrected chi connectivity index (χ1v) is 7.61. The number of para-hydroxylation sites is 1. The number of aromatic nitrogens is 1. The third kappa shape index (κ3) is 1.95. The summed E-state index contributed by atoms with van der Waals surface area (Å²) in [6, 6.07) is 14.4. The lowest BCUT2D eigenvalue weighted by Gasteiger charge is -2.02. The summed E-state index contributed by atoms with van der Waals surface area (Å²) in [6.07, 6.45) is 2.41. The van der Waals surface area contributed by atoms with Crippen molar-refractivity contribution in [2.75, 3.05) is 0 Å². The van der Waals surface area contributed by atoms with Crippen molar-refractivity contribution in [3.63, 3.8) is 0 Å². The molecule has 2 aromatic carbocycles. The van der Waals surface area contributed by atoms with Crippen LogP contribution >= 0.6 is 11.3 Å². The second-order valence-corrected chi connectivity index (χ2v) is 6.28. The van der Waals surface area contributed by atoms with E-state index in [4.69, 9.17) is 0 Å². The van der Waals surface area contributed by atoms with Crippen LogP contribution in [0.25, 0.3) is 10.2 Å². The zero-order valence-corrected chi connectivity index (χ0v) is 11.7. The fraction of sp³-hybridized carbons (Fsp3) is 0.176. The van der Waals surface area contributed by atoms with Crippen molar-refractivity contribution >= 4 is 27.3 Å². The maximum absolute atomic E-state index is 11.6. The molecule has 98 valence electrons. The molecular formula is C17H13NOS. The summed E-state index contributed by atoms with van der Waals surface area (Å²) in [6.45, 7) is 0. The molecule has 1 aliphatic carbocycles. The van der Waals surface area contributed by atoms with Gasteiger partial charge in [0.1, 0.15) is 0 Å². The van der Waals surface area contributed by atoms with Gasteiger partial charge in [0.25, 0.3) is 0 Å². The number of ketones is 1. The number of Topliss-reactive ketones (excluding diaryl/α,β-unsaturated/α-hetero) is 1. The van der Waals surface area contributed by atoms with Crippen molar-refractivity contribution < 1.29 is 4.79 Å². The normalized spacial score (nSPS) is 13.9. The van der Waals surface area contributed by atoms with E-state index in [-0.39, 0.29) is 5.78 Å². The Hall–Kier alpha value is -2.00. The molecule has 2 nitrogen and oxygen atoms in total. The van der Waals surface area contributed by atoms with Crippen molar-refractivity contribution in [1.29, 1.82) is 0 Å². The summed E-state index contributed by atoms with van der Waals surface area (Å²) >= 11 is 1.75. The van der Waals surface area contributed by atoms with Crippen LogP contribution in [-0.4, -0.2) is 10.8 Å². The van der Waals surface area contributed by atoms with Crippen LogP contribution in [0, 0.1) is 0 Å². The Bertz CT molecular complexity index is 786. The largest absolute Gasteiger partial charge is 0.294 e. The molecule has 0 fully saturated rings. The van der Waals surface area contributed by atoms with Gasteiger partial charge >= 0.3 is 0 Å². The highest BCUT2D eigenvalue weighted by molar-refractivity contribution is 7.18. The Kier molecular flexibility index (Phi) is 2.67. The molecule has 0 saturated heterocycles. The number of nitrogens with zero attached hydrogens (tertiary/aromatic N) is 1. The van der Waals surface area contributed by atoms with Gasteiger partial charge in [0.2, 0.25) is 0 Å². The molecule has 20 heavy (non-hydrogen) atoms. The van der Waals surface area contributed by atoms with Crippen LogP contribution in [0.4, 0.5) is 0 Å². The monoisotopic (exact) mass is 279 g/mol. The molecule has 0 spiro atoms. The summed E-state index contributed by atoms with van der Waals surface area (Å²) in [5.41, 5.74) is 4.44. The van der Waals surface area contributed by atoms with Crippen molar-refractivity contribution in [2.45, 2.75) is 19.3 Å². The maximum atomic E-state index is 11.6. The molecule has 0 N–H and O–H groups in total. The number of fused-ring (bicyclic) bond motifs is 2. The quantitative estimate of drug-likeness (QED) is 0.709. The number of carbonyl (C=O) groups excluding carboxylic acids is 1. The van der Waals surface area contributed by atoms with E-state index in [0.29, 0.717) is 6.42 Å². The molecule has 4 rings (SSSR count). The SMILES string of the molecule is O=C1CCc2cc(Cc3nc4ccccc4s3)ccc21. The zero-order valence-electron chi connectivity index (χ0n) is 10.9. The molecule has 0 atom stereocenters. The lowest BCUT2D eigenvalue weighted by molar-refractivity contribution is 0.0994. The Balaban J connectivity index is 1.67.